The zero-order valence-corrected chi connectivity index (χ0v) is 36.8. The lowest BCUT2D eigenvalue weighted by Crippen LogP contribution is -2.13. The van der Waals surface area contributed by atoms with E-state index in [1.807, 2.05) is 0 Å². The van der Waals surface area contributed by atoms with Gasteiger partial charge in [0.15, 0.2) is 0 Å². The third kappa shape index (κ3) is 53.6. The average molecular weight is 843 g/mol. The molecule has 14 heteroatoms. The highest BCUT2D eigenvalue weighted by Gasteiger charge is 1.99. The standard InChI is InChI=1S/C42H82O12S2/c43-19-23-47-27-31-51-35-39-53-37-33-49-29-25-45-21-15-11-7-3-1-5-9-13-17-41-55-56-42-18-14-10-6-2-4-8-12-16-22-46-26-30-50-34-38-54-40-36-52-32-28-48-24-20-44/h19-20H,1-18,21-42H2. The average Bonchev–Trinajstić information content (AvgIpc) is 3.21. The second-order valence-corrected chi connectivity index (χ2v) is 16.1. The van der Waals surface area contributed by atoms with Crippen LogP contribution in [-0.2, 0) is 57.0 Å². The van der Waals surface area contributed by atoms with Crippen molar-refractivity contribution in [3.63, 3.8) is 0 Å². The molecule has 0 amide bonds. The van der Waals surface area contributed by atoms with Crippen molar-refractivity contribution in [3.8, 4) is 0 Å². The highest BCUT2D eigenvalue weighted by molar-refractivity contribution is 8.76. The molecule has 0 rings (SSSR count). The Morgan fingerprint density at radius 2 is 0.429 bits per heavy atom. The molecule has 0 saturated heterocycles. The maximum atomic E-state index is 10.1. The minimum Gasteiger partial charge on any atom is -0.379 e. The van der Waals surface area contributed by atoms with Crippen molar-refractivity contribution < 1.29 is 57.0 Å². The molecule has 0 spiro atoms. The summed E-state index contributed by atoms with van der Waals surface area (Å²) in [5, 5.41) is 0. The molecule has 12 nitrogen and oxygen atoms in total. The lowest BCUT2D eigenvalue weighted by atomic mass is 10.1. The number of carbonyl (C=O) groups is 2. The molecule has 0 aromatic heterocycles. The van der Waals surface area contributed by atoms with Gasteiger partial charge in [0.25, 0.3) is 0 Å². The van der Waals surface area contributed by atoms with E-state index >= 15 is 0 Å². The Balaban J connectivity index is 3.05. The summed E-state index contributed by atoms with van der Waals surface area (Å²) in [6.07, 6.45) is 25.3. The first-order valence-electron chi connectivity index (χ1n) is 21.8. The number of unbranched alkanes of at least 4 members (excludes halogenated alkanes) is 16. The highest BCUT2D eigenvalue weighted by Crippen LogP contribution is 2.25. The molecule has 0 N–H and O–H groups in total. The van der Waals surface area contributed by atoms with Crippen LogP contribution in [0.15, 0.2) is 0 Å². The van der Waals surface area contributed by atoms with Gasteiger partial charge in [-0.2, -0.15) is 0 Å². The van der Waals surface area contributed by atoms with Gasteiger partial charge in [-0.1, -0.05) is 111 Å². The van der Waals surface area contributed by atoms with E-state index < -0.39 is 0 Å². The summed E-state index contributed by atoms with van der Waals surface area (Å²) in [4.78, 5) is 20.2. The Morgan fingerprint density at radius 3 is 0.679 bits per heavy atom. The van der Waals surface area contributed by atoms with Crippen molar-refractivity contribution in [3.05, 3.63) is 0 Å². The number of hydrogen-bond donors (Lipinski definition) is 0. The number of ether oxygens (including phenoxy) is 10. The van der Waals surface area contributed by atoms with Crippen LogP contribution in [-0.4, -0.2) is 156 Å². The van der Waals surface area contributed by atoms with Gasteiger partial charge in [0.1, 0.15) is 25.8 Å². The molecule has 0 atom stereocenters. The van der Waals surface area contributed by atoms with Gasteiger partial charge in [0.2, 0.25) is 0 Å². The van der Waals surface area contributed by atoms with Crippen LogP contribution in [0.4, 0.5) is 0 Å². The first-order chi connectivity index (χ1) is 27.9. The molecule has 0 saturated carbocycles. The predicted octanol–water partition coefficient (Wildman–Crippen LogP) is 7.95. The van der Waals surface area contributed by atoms with E-state index in [2.05, 4.69) is 21.6 Å². The number of carbonyl (C=O) groups excluding carboxylic acids is 2. The third-order valence-electron chi connectivity index (χ3n) is 8.46. The maximum Gasteiger partial charge on any atom is 0.145 e. The second-order valence-electron chi connectivity index (χ2n) is 13.4. The van der Waals surface area contributed by atoms with Crippen molar-refractivity contribution in [2.24, 2.45) is 0 Å². The summed E-state index contributed by atoms with van der Waals surface area (Å²) < 4.78 is 53.9. The Kier molecular flexibility index (Phi) is 54.3. The van der Waals surface area contributed by atoms with Gasteiger partial charge in [0, 0.05) is 24.7 Å². The molecule has 334 valence electrons. The molecule has 0 aliphatic carbocycles. The van der Waals surface area contributed by atoms with E-state index in [-0.39, 0.29) is 13.2 Å². The zero-order chi connectivity index (χ0) is 40.2. The van der Waals surface area contributed by atoms with E-state index in [0.29, 0.717) is 106 Å². The van der Waals surface area contributed by atoms with Gasteiger partial charge < -0.3 is 57.0 Å². The van der Waals surface area contributed by atoms with Crippen LogP contribution < -0.4 is 0 Å². The third-order valence-corrected chi connectivity index (χ3v) is 11.0. The van der Waals surface area contributed by atoms with Gasteiger partial charge in [-0.25, -0.2) is 0 Å². The first-order valence-corrected chi connectivity index (χ1v) is 24.3. The van der Waals surface area contributed by atoms with E-state index in [1.54, 1.807) is 0 Å². The fourth-order valence-electron chi connectivity index (χ4n) is 5.35. The minimum absolute atomic E-state index is 0.118. The molecule has 0 unspecified atom stereocenters. The molecule has 0 radical (unpaired) electrons. The molecule has 0 aliphatic heterocycles. The number of rotatable bonds is 53. The van der Waals surface area contributed by atoms with Gasteiger partial charge in [-0.3, -0.25) is 0 Å². The van der Waals surface area contributed by atoms with Crippen LogP contribution >= 0.6 is 21.6 Å². The molecule has 0 aromatic rings. The monoisotopic (exact) mass is 843 g/mol. The van der Waals surface area contributed by atoms with E-state index in [4.69, 9.17) is 47.4 Å². The predicted molar refractivity (Wildman–Crippen MR) is 228 cm³/mol. The Bertz CT molecular complexity index is 671. The molecule has 56 heavy (non-hydrogen) atoms. The Labute approximate surface area is 349 Å². The van der Waals surface area contributed by atoms with Crippen molar-refractivity contribution in [1.29, 1.82) is 0 Å². The van der Waals surface area contributed by atoms with Crippen LogP contribution in [0.5, 0.6) is 0 Å². The van der Waals surface area contributed by atoms with E-state index in [0.717, 1.165) is 38.6 Å². The number of aldehydes is 2. The summed E-state index contributed by atoms with van der Waals surface area (Å²) in [5.41, 5.74) is 0. The summed E-state index contributed by atoms with van der Waals surface area (Å²) in [5.74, 6) is 2.60. The smallest absolute Gasteiger partial charge is 0.145 e. The van der Waals surface area contributed by atoms with Gasteiger partial charge in [-0.15, -0.1) is 0 Å². The van der Waals surface area contributed by atoms with Crippen molar-refractivity contribution in [2.45, 2.75) is 116 Å². The molecular formula is C42H82O12S2. The van der Waals surface area contributed by atoms with Crippen molar-refractivity contribution in [2.75, 3.05) is 144 Å². The van der Waals surface area contributed by atoms with Gasteiger partial charge >= 0.3 is 0 Å². The normalized spacial score (nSPS) is 11.5. The van der Waals surface area contributed by atoms with Crippen LogP contribution in [0, 0.1) is 0 Å². The fraction of sp³-hybridized carbons (Fsp3) is 0.952. The van der Waals surface area contributed by atoms with Crippen LogP contribution in [0.3, 0.4) is 0 Å². The molecule has 0 bridgehead atoms. The molecule has 0 heterocycles. The lowest BCUT2D eigenvalue weighted by molar-refractivity contribution is -0.113. The van der Waals surface area contributed by atoms with Crippen molar-refractivity contribution in [1.82, 2.24) is 0 Å². The first kappa shape index (κ1) is 55.6. The number of hydrogen-bond acceptors (Lipinski definition) is 14. The Hall–Kier alpha value is -0.360. The van der Waals surface area contributed by atoms with E-state index in [9.17, 15) is 9.59 Å². The SMILES string of the molecule is O=CCOCCOCCOCCOCCOCCCCCCCCCCCSSCCCCCCCCCCCOCCOCCOCCOCCOCC=O. The highest BCUT2D eigenvalue weighted by atomic mass is 33.1. The second kappa shape index (κ2) is 54.6. The molecule has 0 aliphatic rings. The quantitative estimate of drug-likeness (QED) is 0.0334. The van der Waals surface area contributed by atoms with E-state index in [1.165, 1.54) is 114 Å². The fourth-order valence-corrected chi connectivity index (χ4v) is 7.64. The lowest BCUT2D eigenvalue weighted by Gasteiger charge is -2.07. The van der Waals surface area contributed by atoms with Crippen LogP contribution in [0.2, 0.25) is 0 Å². The largest absolute Gasteiger partial charge is 0.379 e. The topological polar surface area (TPSA) is 126 Å². The summed E-state index contributed by atoms with van der Waals surface area (Å²) >= 11 is 0. The Morgan fingerprint density at radius 1 is 0.232 bits per heavy atom. The summed E-state index contributed by atoms with van der Waals surface area (Å²) in [7, 11) is 4.16. The summed E-state index contributed by atoms with van der Waals surface area (Å²) in [6.45, 7) is 10.4. The minimum atomic E-state index is 0.118. The van der Waals surface area contributed by atoms with Gasteiger partial charge in [0.05, 0.1) is 106 Å². The van der Waals surface area contributed by atoms with Crippen LogP contribution in [0.25, 0.3) is 0 Å². The summed E-state index contributed by atoms with van der Waals surface area (Å²) in [6, 6.07) is 0. The molecule has 0 fully saturated rings. The maximum absolute atomic E-state index is 10.1. The van der Waals surface area contributed by atoms with Gasteiger partial charge in [-0.05, 0) is 25.7 Å². The molecular weight excluding hydrogens is 761 g/mol. The van der Waals surface area contributed by atoms with Crippen molar-refractivity contribution >= 4 is 34.2 Å². The zero-order valence-electron chi connectivity index (χ0n) is 35.2. The van der Waals surface area contributed by atoms with Crippen LogP contribution in [0.1, 0.15) is 116 Å². The molecule has 0 aromatic carbocycles.